The molecule has 1 fully saturated rings. The molecular formula is C13H27NO2S. The lowest BCUT2D eigenvalue weighted by atomic mass is 10.1. The van der Waals surface area contributed by atoms with Crippen molar-refractivity contribution in [1.82, 2.24) is 4.90 Å². The van der Waals surface area contributed by atoms with Gasteiger partial charge >= 0.3 is 0 Å². The van der Waals surface area contributed by atoms with Crippen LogP contribution in [-0.4, -0.2) is 52.7 Å². The van der Waals surface area contributed by atoms with Crippen LogP contribution in [-0.2, 0) is 0 Å². The molecule has 1 aliphatic heterocycles. The summed E-state index contributed by atoms with van der Waals surface area (Å²) in [5.41, 5.74) is 0. The molecule has 2 atom stereocenters. The Balaban J connectivity index is 1.85. The van der Waals surface area contributed by atoms with Gasteiger partial charge in [0.05, 0.1) is 12.2 Å². The van der Waals surface area contributed by atoms with E-state index in [1.165, 1.54) is 44.9 Å². The zero-order chi connectivity index (χ0) is 12.5. The molecule has 0 radical (unpaired) electrons. The zero-order valence-corrected chi connectivity index (χ0v) is 11.6. The summed E-state index contributed by atoms with van der Waals surface area (Å²) in [4.78, 5) is 2.16. The number of β-amino-alcohol motifs (C(OH)–C–C–N with tert-alkyl or cyclic N) is 2. The van der Waals surface area contributed by atoms with Crippen LogP contribution in [0.2, 0.25) is 0 Å². The standard InChI is InChI=1S/C13H27NO2S/c15-12-10-14(11-13(12)16)8-6-4-2-1-3-5-7-9-17/h12-13,15-17H,1-11H2. The third-order valence-electron chi connectivity index (χ3n) is 3.47. The number of hydrogen-bond donors (Lipinski definition) is 3. The summed E-state index contributed by atoms with van der Waals surface area (Å²) < 4.78 is 0. The molecule has 1 rings (SSSR count). The van der Waals surface area contributed by atoms with Gasteiger partial charge in [0.15, 0.2) is 0 Å². The molecule has 0 spiro atoms. The molecule has 4 heteroatoms. The Kier molecular flexibility index (Phi) is 8.27. The Labute approximate surface area is 111 Å². The van der Waals surface area contributed by atoms with Crippen molar-refractivity contribution in [3.63, 3.8) is 0 Å². The monoisotopic (exact) mass is 261 g/mol. The van der Waals surface area contributed by atoms with Crippen molar-refractivity contribution in [2.45, 2.75) is 57.2 Å². The maximum atomic E-state index is 9.39. The Bertz CT molecular complexity index is 182. The van der Waals surface area contributed by atoms with Gasteiger partial charge < -0.3 is 10.2 Å². The number of aliphatic hydroxyl groups excluding tert-OH is 2. The van der Waals surface area contributed by atoms with E-state index in [4.69, 9.17) is 0 Å². The normalized spacial score (nSPS) is 25.6. The fourth-order valence-corrected chi connectivity index (χ4v) is 2.58. The van der Waals surface area contributed by atoms with E-state index in [1.54, 1.807) is 0 Å². The molecule has 3 nitrogen and oxygen atoms in total. The lowest BCUT2D eigenvalue weighted by Crippen LogP contribution is -2.23. The van der Waals surface area contributed by atoms with Gasteiger partial charge in [0.2, 0.25) is 0 Å². The predicted molar refractivity (Wildman–Crippen MR) is 74.6 cm³/mol. The minimum absolute atomic E-state index is 0.531. The summed E-state index contributed by atoms with van der Waals surface area (Å²) in [5.74, 6) is 1.01. The molecule has 1 saturated heterocycles. The Morgan fingerprint density at radius 3 is 1.82 bits per heavy atom. The quantitative estimate of drug-likeness (QED) is 0.437. The van der Waals surface area contributed by atoms with Crippen LogP contribution in [0.4, 0.5) is 0 Å². The third kappa shape index (κ3) is 6.65. The minimum Gasteiger partial charge on any atom is -0.389 e. The highest BCUT2D eigenvalue weighted by Gasteiger charge is 2.28. The van der Waals surface area contributed by atoms with Crippen LogP contribution in [0.5, 0.6) is 0 Å². The molecule has 102 valence electrons. The van der Waals surface area contributed by atoms with Crippen LogP contribution in [0, 0.1) is 0 Å². The average molecular weight is 261 g/mol. The van der Waals surface area contributed by atoms with Gasteiger partial charge in [-0.1, -0.05) is 32.1 Å². The van der Waals surface area contributed by atoms with Crippen molar-refractivity contribution in [3.05, 3.63) is 0 Å². The number of aliphatic hydroxyl groups is 2. The number of hydrogen-bond acceptors (Lipinski definition) is 4. The molecule has 0 aliphatic carbocycles. The Morgan fingerprint density at radius 2 is 1.29 bits per heavy atom. The molecule has 1 aliphatic rings. The second-order valence-corrected chi connectivity index (χ2v) is 5.54. The van der Waals surface area contributed by atoms with Crippen LogP contribution in [0.3, 0.4) is 0 Å². The number of thiol groups is 1. The van der Waals surface area contributed by atoms with Gasteiger partial charge in [-0.3, -0.25) is 4.90 Å². The van der Waals surface area contributed by atoms with Crippen LogP contribution in [0.15, 0.2) is 0 Å². The van der Waals surface area contributed by atoms with E-state index in [2.05, 4.69) is 17.5 Å². The molecule has 0 aromatic rings. The van der Waals surface area contributed by atoms with Gasteiger partial charge in [0, 0.05) is 13.1 Å². The van der Waals surface area contributed by atoms with Crippen molar-refractivity contribution >= 4 is 12.6 Å². The van der Waals surface area contributed by atoms with E-state index < -0.39 is 12.2 Å². The SMILES string of the molecule is OC1CN(CCCCCCCCCS)CC1O. The summed E-state index contributed by atoms with van der Waals surface area (Å²) >= 11 is 4.20. The van der Waals surface area contributed by atoms with Crippen LogP contribution in [0.25, 0.3) is 0 Å². The van der Waals surface area contributed by atoms with Gasteiger partial charge in [-0.05, 0) is 25.1 Å². The summed E-state index contributed by atoms with van der Waals surface area (Å²) in [5, 5.41) is 18.8. The van der Waals surface area contributed by atoms with E-state index in [1.807, 2.05) is 0 Å². The van der Waals surface area contributed by atoms with E-state index in [0.717, 1.165) is 12.3 Å². The topological polar surface area (TPSA) is 43.7 Å². The minimum atomic E-state index is -0.531. The van der Waals surface area contributed by atoms with Gasteiger partial charge in [-0.2, -0.15) is 12.6 Å². The molecule has 0 aromatic carbocycles. The fourth-order valence-electron chi connectivity index (χ4n) is 2.36. The lowest BCUT2D eigenvalue weighted by Gasteiger charge is -2.13. The zero-order valence-electron chi connectivity index (χ0n) is 10.7. The molecular weight excluding hydrogens is 234 g/mol. The molecule has 1 heterocycles. The smallest absolute Gasteiger partial charge is 0.0938 e. The maximum Gasteiger partial charge on any atom is 0.0938 e. The maximum absolute atomic E-state index is 9.39. The summed E-state index contributed by atoms with van der Waals surface area (Å²) in [6.45, 7) is 2.30. The first-order valence-corrected chi connectivity index (χ1v) is 7.56. The highest BCUT2D eigenvalue weighted by Crippen LogP contribution is 2.12. The van der Waals surface area contributed by atoms with Gasteiger partial charge in [0.1, 0.15) is 0 Å². The Hall–Kier alpha value is 0.230. The van der Waals surface area contributed by atoms with Crippen molar-refractivity contribution in [2.75, 3.05) is 25.4 Å². The number of unbranched alkanes of at least 4 members (excludes halogenated alkanes) is 6. The summed E-state index contributed by atoms with van der Waals surface area (Å²) in [6, 6.07) is 0. The number of rotatable bonds is 9. The molecule has 0 saturated carbocycles. The third-order valence-corrected chi connectivity index (χ3v) is 3.78. The van der Waals surface area contributed by atoms with Crippen LogP contribution >= 0.6 is 12.6 Å². The van der Waals surface area contributed by atoms with Crippen molar-refractivity contribution in [3.8, 4) is 0 Å². The van der Waals surface area contributed by atoms with Gasteiger partial charge in [-0.25, -0.2) is 0 Å². The molecule has 17 heavy (non-hydrogen) atoms. The highest BCUT2D eigenvalue weighted by molar-refractivity contribution is 7.80. The first kappa shape index (κ1) is 15.3. The van der Waals surface area contributed by atoms with E-state index in [-0.39, 0.29) is 0 Å². The molecule has 0 bridgehead atoms. The molecule has 0 aromatic heterocycles. The second-order valence-electron chi connectivity index (χ2n) is 5.09. The van der Waals surface area contributed by atoms with Crippen LogP contribution in [0.1, 0.15) is 44.9 Å². The summed E-state index contributed by atoms with van der Waals surface area (Å²) in [6.07, 6.45) is 7.93. The fraction of sp³-hybridized carbons (Fsp3) is 1.00. The average Bonchev–Trinajstić information content (AvgIpc) is 2.62. The van der Waals surface area contributed by atoms with Crippen LogP contribution < -0.4 is 0 Å². The van der Waals surface area contributed by atoms with Crippen molar-refractivity contribution in [1.29, 1.82) is 0 Å². The van der Waals surface area contributed by atoms with Gasteiger partial charge in [-0.15, -0.1) is 0 Å². The van der Waals surface area contributed by atoms with E-state index in [9.17, 15) is 10.2 Å². The predicted octanol–water partition coefficient (Wildman–Crippen LogP) is 1.68. The Morgan fingerprint density at radius 1 is 0.824 bits per heavy atom. The van der Waals surface area contributed by atoms with E-state index in [0.29, 0.717) is 13.1 Å². The summed E-state index contributed by atoms with van der Waals surface area (Å²) in [7, 11) is 0. The number of nitrogens with zero attached hydrogens (tertiary/aromatic N) is 1. The number of likely N-dealkylation sites (tertiary alicyclic amines) is 1. The molecule has 2 N–H and O–H groups in total. The highest BCUT2D eigenvalue weighted by atomic mass is 32.1. The molecule has 2 unspecified atom stereocenters. The first-order chi connectivity index (χ1) is 8.24. The first-order valence-electron chi connectivity index (χ1n) is 6.93. The van der Waals surface area contributed by atoms with Gasteiger partial charge in [0.25, 0.3) is 0 Å². The van der Waals surface area contributed by atoms with Crippen molar-refractivity contribution < 1.29 is 10.2 Å². The van der Waals surface area contributed by atoms with E-state index >= 15 is 0 Å². The second kappa shape index (κ2) is 9.20. The molecule has 0 amide bonds. The van der Waals surface area contributed by atoms with Crippen molar-refractivity contribution in [2.24, 2.45) is 0 Å². The largest absolute Gasteiger partial charge is 0.389 e. The lowest BCUT2D eigenvalue weighted by molar-refractivity contribution is 0.0572.